The molecular weight excluding hydrogens is 275 g/mol. The van der Waals surface area contributed by atoms with Gasteiger partial charge in [-0.3, -0.25) is 4.57 Å². The van der Waals surface area contributed by atoms with Crippen molar-refractivity contribution in [3.63, 3.8) is 0 Å². The molecule has 1 aliphatic rings. The molecule has 2 unspecified atom stereocenters. The third-order valence-electron chi connectivity index (χ3n) is 3.72. The molecule has 0 aliphatic heterocycles. The van der Waals surface area contributed by atoms with Gasteiger partial charge in [0, 0.05) is 6.61 Å². The molecule has 2 atom stereocenters. The molecule has 1 aliphatic carbocycles. The van der Waals surface area contributed by atoms with E-state index in [-0.39, 0.29) is 0 Å². The highest BCUT2D eigenvalue weighted by atomic mass is 31.2. The summed E-state index contributed by atoms with van der Waals surface area (Å²) in [5, 5.41) is 0. The average molecular weight is 306 g/mol. The molecular formula is C15H31O4P. The van der Waals surface area contributed by atoms with Crippen molar-refractivity contribution >= 4 is 7.60 Å². The Labute approximate surface area is 124 Å². The summed E-state index contributed by atoms with van der Waals surface area (Å²) in [5.41, 5.74) is 0. The Hall–Kier alpha value is 0.110. The van der Waals surface area contributed by atoms with Crippen molar-refractivity contribution in [1.29, 1.82) is 0 Å². The predicted molar refractivity (Wildman–Crippen MR) is 82.3 cm³/mol. The molecule has 0 aromatic heterocycles. The van der Waals surface area contributed by atoms with Crippen LogP contribution in [0.25, 0.3) is 0 Å². The van der Waals surface area contributed by atoms with Gasteiger partial charge in [0.05, 0.1) is 25.5 Å². The third kappa shape index (κ3) is 7.21. The first-order chi connectivity index (χ1) is 9.59. The Morgan fingerprint density at radius 3 is 2.40 bits per heavy atom. The number of hydrogen-bond acceptors (Lipinski definition) is 4. The highest BCUT2D eigenvalue weighted by molar-refractivity contribution is 7.53. The summed E-state index contributed by atoms with van der Waals surface area (Å²) in [7, 11) is -2.86. The van der Waals surface area contributed by atoms with Crippen molar-refractivity contribution in [2.75, 3.05) is 26.0 Å². The average Bonchev–Trinajstić information content (AvgIpc) is 2.39. The molecule has 1 fully saturated rings. The summed E-state index contributed by atoms with van der Waals surface area (Å²) in [6, 6.07) is 0. The molecule has 0 aromatic rings. The van der Waals surface area contributed by atoms with Gasteiger partial charge in [-0.15, -0.1) is 0 Å². The van der Waals surface area contributed by atoms with Crippen LogP contribution in [0.2, 0.25) is 0 Å². The summed E-state index contributed by atoms with van der Waals surface area (Å²) in [4.78, 5) is 0. The van der Waals surface area contributed by atoms with E-state index in [1.807, 2.05) is 13.8 Å². The maximum absolute atomic E-state index is 12.2. The lowest BCUT2D eigenvalue weighted by Crippen LogP contribution is -2.21. The standard InChI is InChI=1S/C15H31O4P/c1-4-18-20(16,19-5-2)12-7-6-11-17-15-10-8-9-14(3)13-15/h14-15H,4-13H2,1-3H3. The smallest absolute Gasteiger partial charge is 0.330 e. The van der Waals surface area contributed by atoms with Crippen molar-refractivity contribution in [2.45, 2.75) is 65.4 Å². The molecule has 20 heavy (non-hydrogen) atoms. The molecule has 1 saturated carbocycles. The minimum absolute atomic E-state index is 0.435. The quantitative estimate of drug-likeness (QED) is 0.436. The van der Waals surface area contributed by atoms with Crippen molar-refractivity contribution in [2.24, 2.45) is 5.92 Å². The van der Waals surface area contributed by atoms with E-state index in [4.69, 9.17) is 13.8 Å². The first-order valence-corrected chi connectivity index (χ1v) is 9.82. The van der Waals surface area contributed by atoms with Gasteiger partial charge in [-0.1, -0.05) is 19.8 Å². The van der Waals surface area contributed by atoms with Gasteiger partial charge in [0.2, 0.25) is 0 Å². The number of unbranched alkanes of at least 4 members (excludes halogenated alkanes) is 1. The number of rotatable bonds is 10. The summed E-state index contributed by atoms with van der Waals surface area (Å²) >= 11 is 0. The van der Waals surface area contributed by atoms with E-state index in [1.165, 1.54) is 25.7 Å². The van der Waals surface area contributed by atoms with Gasteiger partial charge in [-0.2, -0.15) is 0 Å². The molecule has 0 aromatic carbocycles. The Bertz CT molecular complexity index is 286. The summed E-state index contributed by atoms with van der Waals surface area (Å²) in [6.07, 6.45) is 7.70. The fourth-order valence-corrected chi connectivity index (χ4v) is 4.48. The predicted octanol–water partition coefficient (Wildman–Crippen LogP) is 4.63. The largest absolute Gasteiger partial charge is 0.378 e. The van der Waals surface area contributed by atoms with Gasteiger partial charge >= 0.3 is 7.60 Å². The second-order valence-electron chi connectivity index (χ2n) is 5.64. The first kappa shape index (κ1) is 18.2. The Balaban J connectivity index is 2.12. The van der Waals surface area contributed by atoms with Crippen molar-refractivity contribution in [1.82, 2.24) is 0 Å². The van der Waals surface area contributed by atoms with Gasteiger partial charge in [0.1, 0.15) is 0 Å². The first-order valence-electron chi connectivity index (χ1n) is 8.09. The third-order valence-corrected chi connectivity index (χ3v) is 5.89. The van der Waals surface area contributed by atoms with Crippen LogP contribution in [0, 0.1) is 5.92 Å². The molecule has 0 saturated heterocycles. The lowest BCUT2D eigenvalue weighted by atomic mass is 9.89. The Morgan fingerprint density at radius 1 is 1.10 bits per heavy atom. The fraction of sp³-hybridized carbons (Fsp3) is 1.00. The summed E-state index contributed by atoms with van der Waals surface area (Å²) < 4.78 is 28.7. The number of hydrogen-bond donors (Lipinski definition) is 0. The normalized spacial score (nSPS) is 23.9. The second kappa shape index (κ2) is 9.94. The van der Waals surface area contributed by atoms with E-state index >= 15 is 0 Å². The molecule has 0 heterocycles. The Morgan fingerprint density at radius 2 is 1.80 bits per heavy atom. The maximum Gasteiger partial charge on any atom is 0.330 e. The molecule has 0 spiro atoms. The number of ether oxygens (including phenoxy) is 1. The maximum atomic E-state index is 12.2. The van der Waals surface area contributed by atoms with Gasteiger partial charge in [0.25, 0.3) is 0 Å². The van der Waals surface area contributed by atoms with Crippen molar-refractivity contribution in [3.8, 4) is 0 Å². The van der Waals surface area contributed by atoms with Gasteiger partial charge in [-0.25, -0.2) is 0 Å². The molecule has 0 bridgehead atoms. The molecule has 0 amide bonds. The van der Waals surface area contributed by atoms with Crippen LogP contribution >= 0.6 is 7.60 Å². The zero-order valence-corrected chi connectivity index (χ0v) is 14.2. The van der Waals surface area contributed by atoms with Crippen LogP contribution in [0.1, 0.15) is 59.3 Å². The molecule has 120 valence electrons. The highest BCUT2D eigenvalue weighted by Gasteiger charge is 2.23. The topological polar surface area (TPSA) is 44.8 Å². The lowest BCUT2D eigenvalue weighted by Gasteiger charge is -2.26. The molecule has 0 N–H and O–H groups in total. The van der Waals surface area contributed by atoms with Crippen LogP contribution in [0.5, 0.6) is 0 Å². The molecule has 1 rings (SSSR count). The van der Waals surface area contributed by atoms with Crippen LogP contribution in [0.15, 0.2) is 0 Å². The van der Waals surface area contributed by atoms with Gasteiger partial charge < -0.3 is 13.8 Å². The van der Waals surface area contributed by atoms with Crippen LogP contribution < -0.4 is 0 Å². The minimum Gasteiger partial charge on any atom is -0.378 e. The monoisotopic (exact) mass is 306 g/mol. The highest BCUT2D eigenvalue weighted by Crippen LogP contribution is 2.48. The lowest BCUT2D eigenvalue weighted by molar-refractivity contribution is 0.0142. The van der Waals surface area contributed by atoms with E-state index in [1.54, 1.807) is 0 Å². The van der Waals surface area contributed by atoms with Crippen LogP contribution in [0.4, 0.5) is 0 Å². The summed E-state index contributed by atoms with van der Waals surface area (Å²) in [5.74, 6) is 0.796. The van der Waals surface area contributed by atoms with E-state index in [0.29, 0.717) is 25.5 Å². The van der Waals surface area contributed by atoms with E-state index in [0.717, 1.165) is 25.4 Å². The van der Waals surface area contributed by atoms with E-state index < -0.39 is 7.60 Å². The van der Waals surface area contributed by atoms with Crippen molar-refractivity contribution < 1.29 is 18.3 Å². The van der Waals surface area contributed by atoms with E-state index in [9.17, 15) is 4.57 Å². The Kier molecular flexibility index (Phi) is 9.03. The zero-order chi connectivity index (χ0) is 14.8. The fourth-order valence-electron chi connectivity index (χ4n) is 2.75. The SMILES string of the molecule is CCOP(=O)(CCCCOC1CCCC(C)C1)OCC. The summed E-state index contributed by atoms with van der Waals surface area (Å²) in [6.45, 7) is 7.63. The van der Waals surface area contributed by atoms with Crippen LogP contribution in [-0.2, 0) is 18.3 Å². The molecule has 0 radical (unpaired) electrons. The van der Waals surface area contributed by atoms with Crippen LogP contribution in [-0.4, -0.2) is 32.1 Å². The second-order valence-corrected chi connectivity index (χ2v) is 7.83. The van der Waals surface area contributed by atoms with E-state index in [2.05, 4.69) is 6.92 Å². The minimum atomic E-state index is -2.86. The van der Waals surface area contributed by atoms with Crippen molar-refractivity contribution in [3.05, 3.63) is 0 Å². The van der Waals surface area contributed by atoms with Crippen LogP contribution in [0.3, 0.4) is 0 Å². The molecule has 4 nitrogen and oxygen atoms in total. The van der Waals surface area contributed by atoms with Gasteiger partial charge in [-0.05, 0) is 45.4 Å². The zero-order valence-electron chi connectivity index (χ0n) is 13.3. The van der Waals surface area contributed by atoms with Gasteiger partial charge in [0.15, 0.2) is 0 Å². The molecule has 5 heteroatoms.